The van der Waals surface area contributed by atoms with E-state index in [1.807, 2.05) is 0 Å². The van der Waals surface area contributed by atoms with Gasteiger partial charge in [0.15, 0.2) is 0 Å². The summed E-state index contributed by atoms with van der Waals surface area (Å²) in [5, 5.41) is 0. The summed E-state index contributed by atoms with van der Waals surface area (Å²) in [6, 6.07) is 9.13. The molecule has 0 spiro atoms. The predicted octanol–water partition coefficient (Wildman–Crippen LogP) is 2.14. The van der Waals surface area contributed by atoms with Crippen molar-refractivity contribution in [2.75, 3.05) is 44.8 Å². The molecule has 1 aromatic carbocycles. The average molecular weight is 360 g/mol. The van der Waals surface area contributed by atoms with E-state index in [4.69, 9.17) is 14.0 Å². The first-order valence-corrected chi connectivity index (χ1v) is 9.67. The Morgan fingerprint density at radius 1 is 1.00 bits per heavy atom. The fraction of sp³-hybridized carbons (Fsp3) is 0.700. The maximum absolute atomic E-state index is 6.14. The molecule has 1 aromatic rings. The summed E-state index contributed by atoms with van der Waals surface area (Å²) in [6.07, 6.45) is 0. The largest absolute Gasteiger partial charge is 0.494 e. The zero-order chi connectivity index (χ0) is 18.9. The van der Waals surface area contributed by atoms with Crippen molar-refractivity contribution >= 4 is 18.3 Å². The number of anilines is 1. The second-order valence-corrected chi connectivity index (χ2v) is 8.51. The van der Waals surface area contributed by atoms with Crippen LogP contribution in [0.4, 0.5) is 5.69 Å². The van der Waals surface area contributed by atoms with Crippen molar-refractivity contribution in [2.45, 2.75) is 51.9 Å². The number of piperazine rings is 1. The van der Waals surface area contributed by atoms with Crippen molar-refractivity contribution in [3.63, 3.8) is 0 Å². The Balaban J connectivity index is 1.59. The third-order valence-electron chi connectivity index (χ3n) is 6.13. The average Bonchev–Trinajstić information content (AvgIpc) is 2.83. The van der Waals surface area contributed by atoms with Crippen LogP contribution in [-0.2, 0) is 14.0 Å². The minimum atomic E-state index is -0.300. The Hall–Kier alpha value is -1.08. The van der Waals surface area contributed by atoms with Crippen LogP contribution in [0.3, 0.4) is 0 Å². The summed E-state index contributed by atoms with van der Waals surface area (Å²) in [5.74, 6) is 0. The third-order valence-corrected chi connectivity index (χ3v) is 6.13. The van der Waals surface area contributed by atoms with Gasteiger partial charge in [-0.05, 0) is 52.2 Å². The summed E-state index contributed by atoms with van der Waals surface area (Å²) in [6.45, 7) is 15.6. The highest BCUT2D eigenvalue weighted by atomic mass is 16.7. The molecule has 0 N–H and O–H groups in total. The minimum absolute atomic E-state index is 0.291. The van der Waals surface area contributed by atoms with Gasteiger partial charge in [0.25, 0.3) is 0 Å². The van der Waals surface area contributed by atoms with E-state index >= 15 is 0 Å². The molecule has 0 aliphatic carbocycles. The molecule has 26 heavy (non-hydrogen) atoms. The molecule has 2 saturated heterocycles. The standard InChI is InChI=1S/C20H33BN2O3/c1-16(15-24-6)22-11-13-23(14-12-22)18-9-7-17(8-10-18)21-25-19(2,3)20(4,5)26-21/h7-10,16H,11-15H2,1-6H3. The molecular weight excluding hydrogens is 327 g/mol. The molecule has 0 aromatic heterocycles. The quantitative estimate of drug-likeness (QED) is 0.752. The molecule has 0 saturated carbocycles. The van der Waals surface area contributed by atoms with Crippen molar-refractivity contribution in [1.82, 2.24) is 4.90 Å². The van der Waals surface area contributed by atoms with Crippen LogP contribution in [0.25, 0.3) is 0 Å². The van der Waals surface area contributed by atoms with Gasteiger partial charge in [-0.3, -0.25) is 4.90 Å². The van der Waals surface area contributed by atoms with E-state index in [1.165, 1.54) is 5.69 Å². The minimum Gasteiger partial charge on any atom is -0.399 e. The van der Waals surface area contributed by atoms with E-state index in [9.17, 15) is 0 Å². The second kappa shape index (κ2) is 7.51. The summed E-state index contributed by atoms with van der Waals surface area (Å²) < 4.78 is 17.6. The molecule has 0 amide bonds. The van der Waals surface area contributed by atoms with Gasteiger partial charge in [-0.1, -0.05) is 12.1 Å². The van der Waals surface area contributed by atoms with Gasteiger partial charge in [-0.25, -0.2) is 0 Å². The van der Waals surface area contributed by atoms with Gasteiger partial charge >= 0.3 is 7.12 Å². The van der Waals surface area contributed by atoms with Gasteiger partial charge in [0.1, 0.15) is 0 Å². The third kappa shape index (κ3) is 3.93. The summed E-state index contributed by atoms with van der Waals surface area (Å²) in [5.41, 5.74) is 1.75. The van der Waals surface area contributed by atoms with Crippen LogP contribution in [-0.4, -0.2) is 69.2 Å². The van der Waals surface area contributed by atoms with Gasteiger partial charge < -0.3 is 18.9 Å². The van der Waals surface area contributed by atoms with Crippen molar-refractivity contribution in [3.05, 3.63) is 24.3 Å². The van der Waals surface area contributed by atoms with Crippen molar-refractivity contribution in [2.24, 2.45) is 0 Å². The zero-order valence-corrected chi connectivity index (χ0v) is 17.1. The molecule has 2 aliphatic heterocycles. The number of benzene rings is 1. The number of nitrogens with zero attached hydrogens (tertiary/aromatic N) is 2. The monoisotopic (exact) mass is 360 g/mol. The van der Waals surface area contributed by atoms with E-state index in [1.54, 1.807) is 7.11 Å². The zero-order valence-electron chi connectivity index (χ0n) is 17.1. The van der Waals surface area contributed by atoms with Crippen LogP contribution in [0.1, 0.15) is 34.6 Å². The van der Waals surface area contributed by atoms with Gasteiger partial charge in [-0.2, -0.15) is 0 Å². The number of hydrogen-bond donors (Lipinski definition) is 0. The van der Waals surface area contributed by atoms with E-state index < -0.39 is 0 Å². The SMILES string of the molecule is COCC(C)N1CCN(c2ccc(B3OC(C)(C)C(C)(C)O3)cc2)CC1. The smallest absolute Gasteiger partial charge is 0.399 e. The number of ether oxygens (including phenoxy) is 1. The molecule has 2 fully saturated rings. The molecule has 2 heterocycles. The number of hydrogen-bond acceptors (Lipinski definition) is 5. The molecule has 144 valence electrons. The van der Waals surface area contributed by atoms with Gasteiger partial charge in [0.2, 0.25) is 0 Å². The molecule has 1 unspecified atom stereocenters. The summed E-state index contributed by atoms with van der Waals surface area (Å²) >= 11 is 0. The van der Waals surface area contributed by atoms with Gasteiger partial charge in [0, 0.05) is 45.0 Å². The van der Waals surface area contributed by atoms with E-state index in [-0.39, 0.29) is 18.3 Å². The topological polar surface area (TPSA) is 34.2 Å². The second-order valence-electron chi connectivity index (χ2n) is 8.51. The first kappa shape index (κ1) is 19.7. The first-order valence-electron chi connectivity index (χ1n) is 9.67. The van der Waals surface area contributed by atoms with Crippen LogP contribution >= 0.6 is 0 Å². The van der Waals surface area contributed by atoms with E-state index in [2.05, 4.69) is 68.7 Å². The van der Waals surface area contributed by atoms with Crippen LogP contribution in [0.2, 0.25) is 0 Å². The van der Waals surface area contributed by atoms with Crippen molar-refractivity contribution in [1.29, 1.82) is 0 Å². The highest BCUT2D eigenvalue weighted by Crippen LogP contribution is 2.36. The fourth-order valence-corrected chi connectivity index (χ4v) is 3.59. The lowest BCUT2D eigenvalue weighted by Crippen LogP contribution is -2.50. The molecule has 0 bridgehead atoms. The van der Waals surface area contributed by atoms with Crippen LogP contribution in [0, 0.1) is 0 Å². The Morgan fingerprint density at radius 3 is 2.04 bits per heavy atom. The van der Waals surface area contributed by atoms with E-state index in [0.29, 0.717) is 6.04 Å². The molecule has 3 rings (SSSR count). The molecule has 5 nitrogen and oxygen atoms in total. The Morgan fingerprint density at radius 2 is 1.54 bits per heavy atom. The van der Waals surface area contributed by atoms with Gasteiger partial charge in [0.05, 0.1) is 17.8 Å². The Bertz CT molecular complexity index is 582. The predicted molar refractivity (Wildman–Crippen MR) is 107 cm³/mol. The lowest BCUT2D eigenvalue weighted by atomic mass is 9.79. The van der Waals surface area contributed by atoms with E-state index in [0.717, 1.165) is 38.2 Å². The molecule has 6 heteroatoms. The number of methoxy groups -OCH3 is 1. The van der Waals surface area contributed by atoms with Crippen LogP contribution in [0.5, 0.6) is 0 Å². The highest BCUT2D eigenvalue weighted by Gasteiger charge is 2.51. The van der Waals surface area contributed by atoms with Crippen molar-refractivity contribution in [3.8, 4) is 0 Å². The molecule has 2 aliphatic rings. The number of rotatable bonds is 5. The van der Waals surface area contributed by atoms with Crippen molar-refractivity contribution < 1.29 is 14.0 Å². The van der Waals surface area contributed by atoms with Gasteiger partial charge in [-0.15, -0.1) is 0 Å². The van der Waals surface area contributed by atoms with Crippen LogP contribution in [0.15, 0.2) is 24.3 Å². The molecule has 1 atom stereocenters. The summed E-state index contributed by atoms with van der Waals surface area (Å²) in [7, 11) is 1.48. The highest BCUT2D eigenvalue weighted by molar-refractivity contribution is 6.62. The van der Waals surface area contributed by atoms with Crippen LogP contribution < -0.4 is 10.4 Å². The maximum atomic E-state index is 6.14. The Labute approximate surface area is 158 Å². The maximum Gasteiger partial charge on any atom is 0.494 e. The fourth-order valence-electron chi connectivity index (χ4n) is 3.59. The lowest BCUT2D eigenvalue weighted by molar-refractivity contribution is 0.00578. The first-order chi connectivity index (χ1) is 12.2. The molecule has 0 radical (unpaired) electrons. The molecular formula is C20H33BN2O3. The lowest BCUT2D eigenvalue weighted by Gasteiger charge is -2.39. The Kier molecular flexibility index (Phi) is 5.68. The summed E-state index contributed by atoms with van der Waals surface area (Å²) in [4.78, 5) is 4.95. The normalized spacial score (nSPS) is 24.1.